The maximum atomic E-state index is 4.83. The van der Waals surface area contributed by atoms with Gasteiger partial charge >= 0.3 is 0 Å². The molecule has 114 valence electrons. The predicted octanol–water partition coefficient (Wildman–Crippen LogP) is 3.10. The van der Waals surface area contributed by atoms with Crippen LogP contribution >= 0.6 is 0 Å². The van der Waals surface area contributed by atoms with E-state index in [1.807, 2.05) is 10.9 Å². The van der Waals surface area contributed by atoms with E-state index in [9.17, 15) is 0 Å². The fourth-order valence-corrected chi connectivity index (χ4v) is 2.56. The number of aryl methyl sites for hydroxylation is 1. The van der Waals surface area contributed by atoms with Crippen LogP contribution in [0, 0.1) is 12.8 Å². The summed E-state index contributed by atoms with van der Waals surface area (Å²) in [5.41, 5.74) is 1.10. The number of aromatic nitrogens is 5. The van der Waals surface area contributed by atoms with Crippen molar-refractivity contribution < 1.29 is 0 Å². The summed E-state index contributed by atoms with van der Waals surface area (Å²) in [7, 11) is 0. The molecule has 1 atom stereocenters. The molecule has 1 aliphatic carbocycles. The third-order valence-corrected chi connectivity index (χ3v) is 3.98. The fourth-order valence-electron chi connectivity index (χ4n) is 2.56. The monoisotopic (exact) mass is 287 g/mol. The zero-order valence-electron chi connectivity index (χ0n) is 13.7. The molecule has 0 bridgehead atoms. The van der Waals surface area contributed by atoms with Crippen molar-refractivity contribution in [1.82, 2.24) is 24.5 Å². The molecule has 0 aliphatic heterocycles. The second kappa shape index (κ2) is 4.97. The molecular weight excluding hydrogens is 262 g/mol. The van der Waals surface area contributed by atoms with Gasteiger partial charge in [-0.05, 0) is 58.9 Å². The average molecular weight is 287 g/mol. The quantitative estimate of drug-likeness (QED) is 0.868. The first-order valence-corrected chi connectivity index (χ1v) is 7.81. The lowest BCUT2D eigenvalue weighted by Crippen LogP contribution is -2.28. The summed E-state index contributed by atoms with van der Waals surface area (Å²) < 4.78 is 4.05. The minimum absolute atomic E-state index is 0.0689. The Morgan fingerprint density at radius 2 is 2.05 bits per heavy atom. The molecule has 0 amide bonds. The predicted molar refractivity (Wildman–Crippen MR) is 82.2 cm³/mol. The Balaban J connectivity index is 1.96. The van der Waals surface area contributed by atoms with Crippen LogP contribution in [-0.4, -0.2) is 24.5 Å². The Morgan fingerprint density at radius 1 is 1.33 bits per heavy atom. The first-order valence-electron chi connectivity index (χ1n) is 7.81. The van der Waals surface area contributed by atoms with Crippen LogP contribution in [0.1, 0.15) is 63.8 Å². The van der Waals surface area contributed by atoms with E-state index in [0.29, 0.717) is 0 Å². The Morgan fingerprint density at radius 3 is 2.57 bits per heavy atom. The summed E-state index contributed by atoms with van der Waals surface area (Å²) in [5, 5.41) is 9.21. The minimum atomic E-state index is -0.0689. The Labute approximate surface area is 126 Å². The van der Waals surface area contributed by atoms with E-state index in [4.69, 9.17) is 10.1 Å². The highest BCUT2D eigenvalue weighted by Crippen LogP contribution is 2.32. The molecule has 1 fully saturated rings. The lowest BCUT2D eigenvalue weighted by atomic mass is 10.1. The van der Waals surface area contributed by atoms with Crippen molar-refractivity contribution in [1.29, 1.82) is 0 Å². The molecule has 5 nitrogen and oxygen atoms in total. The summed E-state index contributed by atoms with van der Waals surface area (Å²) in [6.07, 6.45) is 7.62. The molecule has 1 aliphatic rings. The van der Waals surface area contributed by atoms with Gasteiger partial charge in [-0.15, -0.1) is 0 Å². The Bertz CT molecular complexity index is 627. The molecule has 0 spiro atoms. The normalized spacial score (nSPS) is 17.2. The summed E-state index contributed by atoms with van der Waals surface area (Å²) in [4.78, 5) is 4.83. The van der Waals surface area contributed by atoms with Gasteiger partial charge in [0.15, 0.2) is 11.6 Å². The van der Waals surface area contributed by atoms with Crippen molar-refractivity contribution in [3.05, 3.63) is 29.6 Å². The topological polar surface area (TPSA) is 48.5 Å². The SMILES string of the molecule is Cc1cnn([C@@H](C)c2nc(CC3CC3)nn2C(C)(C)C)c1. The maximum absolute atomic E-state index is 4.83. The molecule has 0 saturated heterocycles. The van der Waals surface area contributed by atoms with Gasteiger partial charge in [0.05, 0.1) is 11.7 Å². The first kappa shape index (κ1) is 14.3. The Kier molecular flexibility index (Phi) is 3.38. The van der Waals surface area contributed by atoms with Gasteiger partial charge in [0.1, 0.15) is 6.04 Å². The van der Waals surface area contributed by atoms with Crippen molar-refractivity contribution in [3.8, 4) is 0 Å². The van der Waals surface area contributed by atoms with Gasteiger partial charge < -0.3 is 0 Å². The Hall–Kier alpha value is -1.65. The van der Waals surface area contributed by atoms with E-state index in [0.717, 1.165) is 24.0 Å². The highest BCUT2D eigenvalue weighted by Gasteiger charge is 2.29. The van der Waals surface area contributed by atoms with Crippen molar-refractivity contribution >= 4 is 0 Å². The number of hydrogen-bond donors (Lipinski definition) is 0. The number of rotatable bonds is 4. The van der Waals surface area contributed by atoms with Gasteiger partial charge in [-0.1, -0.05) is 0 Å². The average Bonchev–Trinajstić information content (AvgIpc) is 2.92. The zero-order chi connectivity index (χ0) is 15.2. The van der Waals surface area contributed by atoms with Gasteiger partial charge in [-0.3, -0.25) is 4.68 Å². The third kappa shape index (κ3) is 3.01. The molecule has 0 N–H and O–H groups in total. The number of hydrogen-bond acceptors (Lipinski definition) is 3. The van der Waals surface area contributed by atoms with E-state index in [-0.39, 0.29) is 11.6 Å². The molecule has 1 saturated carbocycles. The summed E-state index contributed by atoms with van der Waals surface area (Å²) >= 11 is 0. The molecule has 3 rings (SSSR count). The maximum Gasteiger partial charge on any atom is 0.152 e. The fraction of sp³-hybridized carbons (Fsp3) is 0.688. The second-order valence-electron chi connectivity index (χ2n) is 7.29. The van der Waals surface area contributed by atoms with E-state index in [2.05, 4.69) is 50.6 Å². The van der Waals surface area contributed by atoms with Gasteiger partial charge in [-0.2, -0.15) is 10.2 Å². The van der Waals surface area contributed by atoms with Gasteiger partial charge in [0, 0.05) is 12.6 Å². The van der Waals surface area contributed by atoms with Crippen LogP contribution in [-0.2, 0) is 12.0 Å². The smallest absolute Gasteiger partial charge is 0.152 e. The van der Waals surface area contributed by atoms with Crippen molar-refractivity contribution in [2.24, 2.45) is 5.92 Å². The molecule has 0 radical (unpaired) electrons. The summed E-state index contributed by atoms with van der Waals surface area (Å²) in [6, 6.07) is 0.0957. The molecule has 2 aromatic heterocycles. The standard InChI is InChI=1S/C16H25N5/c1-11-9-17-20(10-11)12(2)15-18-14(8-13-6-7-13)19-21(15)16(3,4)5/h9-10,12-13H,6-8H2,1-5H3/t12-/m0/s1. The molecule has 0 unspecified atom stereocenters. The van der Waals surface area contributed by atoms with E-state index in [1.54, 1.807) is 0 Å². The lowest BCUT2D eigenvalue weighted by molar-refractivity contribution is 0.324. The highest BCUT2D eigenvalue weighted by molar-refractivity contribution is 5.07. The zero-order valence-corrected chi connectivity index (χ0v) is 13.7. The second-order valence-corrected chi connectivity index (χ2v) is 7.29. The molecule has 21 heavy (non-hydrogen) atoms. The van der Waals surface area contributed by atoms with E-state index < -0.39 is 0 Å². The van der Waals surface area contributed by atoms with Crippen molar-refractivity contribution in [2.75, 3.05) is 0 Å². The summed E-state index contributed by atoms with van der Waals surface area (Å²) in [6.45, 7) is 10.7. The van der Waals surface area contributed by atoms with Crippen molar-refractivity contribution in [2.45, 2.75) is 65.5 Å². The molecule has 0 aromatic carbocycles. The molecular formula is C16H25N5. The van der Waals surface area contributed by atoms with Crippen LogP contribution in [0.15, 0.2) is 12.4 Å². The number of nitrogens with zero attached hydrogens (tertiary/aromatic N) is 5. The lowest BCUT2D eigenvalue weighted by Gasteiger charge is -2.23. The minimum Gasteiger partial charge on any atom is -0.262 e. The van der Waals surface area contributed by atoms with Gasteiger partial charge in [0.25, 0.3) is 0 Å². The molecule has 5 heteroatoms. The van der Waals surface area contributed by atoms with Gasteiger partial charge in [0.2, 0.25) is 0 Å². The molecule has 2 aromatic rings. The van der Waals surface area contributed by atoms with E-state index in [1.165, 1.54) is 18.4 Å². The van der Waals surface area contributed by atoms with Crippen LogP contribution in [0.25, 0.3) is 0 Å². The molecule has 2 heterocycles. The highest BCUT2D eigenvalue weighted by atomic mass is 15.4. The van der Waals surface area contributed by atoms with Crippen LogP contribution in [0.3, 0.4) is 0 Å². The van der Waals surface area contributed by atoms with Crippen LogP contribution < -0.4 is 0 Å². The third-order valence-electron chi connectivity index (χ3n) is 3.98. The van der Waals surface area contributed by atoms with E-state index >= 15 is 0 Å². The van der Waals surface area contributed by atoms with Crippen LogP contribution in [0.4, 0.5) is 0 Å². The van der Waals surface area contributed by atoms with Crippen LogP contribution in [0.2, 0.25) is 0 Å². The van der Waals surface area contributed by atoms with Gasteiger partial charge in [-0.25, -0.2) is 9.67 Å². The van der Waals surface area contributed by atoms with Crippen LogP contribution in [0.5, 0.6) is 0 Å². The first-order chi connectivity index (χ1) is 9.84. The van der Waals surface area contributed by atoms with Crippen molar-refractivity contribution in [3.63, 3.8) is 0 Å². The summed E-state index contributed by atoms with van der Waals surface area (Å²) in [5.74, 6) is 2.79. The largest absolute Gasteiger partial charge is 0.262 e.